The van der Waals surface area contributed by atoms with Gasteiger partial charge in [-0.1, -0.05) is 6.07 Å². The average Bonchev–Trinajstić information content (AvgIpc) is 3.44. The number of rotatable bonds is 9. The quantitative estimate of drug-likeness (QED) is 0.277. The molecular formula is C32H34N4O5. The van der Waals surface area contributed by atoms with Gasteiger partial charge in [-0.15, -0.1) is 0 Å². The van der Waals surface area contributed by atoms with Crippen LogP contribution in [-0.4, -0.2) is 81.4 Å². The first-order chi connectivity index (χ1) is 19.9. The van der Waals surface area contributed by atoms with E-state index in [0.29, 0.717) is 64.8 Å². The van der Waals surface area contributed by atoms with E-state index < -0.39 is 0 Å². The molecule has 0 radical (unpaired) electrons. The molecule has 1 amide bonds. The first-order valence-electron chi connectivity index (χ1n) is 13.6. The van der Waals surface area contributed by atoms with Crippen molar-refractivity contribution in [2.45, 2.75) is 18.9 Å². The molecular weight excluding hydrogens is 520 g/mol. The smallest absolute Gasteiger partial charge is 0.253 e. The maximum atomic E-state index is 13.0. The molecule has 1 aliphatic rings. The van der Waals surface area contributed by atoms with Crippen LogP contribution >= 0.6 is 0 Å². The van der Waals surface area contributed by atoms with Gasteiger partial charge in [0.25, 0.3) is 5.91 Å². The molecule has 9 heteroatoms. The monoisotopic (exact) mass is 554 g/mol. The molecule has 0 N–H and O–H groups in total. The summed E-state index contributed by atoms with van der Waals surface area (Å²) in [5.41, 5.74) is 4.60. The number of fused-ring (bicyclic) bond motifs is 1. The second-order valence-electron chi connectivity index (χ2n) is 10.4. The van der Waals surface area contributed by atoms with Crippen molar-refractivity contribution in [1.29, 1.82) is 5.26 Å². The van der Waals surface area contributed by atoms with E-state index in [-0.39, 0.29) is 12.0 Å². The van der Waals surface area contributed by atoms with E-state index in [2.05, 4.69) is 11.1 Å². The lowest BCUT2D eigenvalue weighted by molar-refractivity contribution is 0.0254. The van der Waals surface area contributed by atoms with E-state index in [1.165, 1.54) is 0 Å². The van der Waals surface area contributed by atoms with Crippen molar-refractivity contribution in [3.63, 3.8) is 0 Å². The highest BCUT2D eigenvalue weighted by molar-refractivity contribution is 5.96. The number of pyridine rings is 1. The Labute approximate surface area is 239 Å². The molecule has 41 heavy (non-hydrogen) atoms. The molecule has 4 aromatic rings. The Kier molecular flexibility index (Phi) is 8.53. The third-order valence-corrected chi connectivity index (χ3v) is 7.23. The lowest BCUT2D eigenvalue weighted by Crippen LogP contribution is -2.33. The molecule has 0 saturated carbocycles. The van der Waals surface area contributed by atoms with Crippen molar-refractivity contribution in [2.24, 2.45) is 0 Å². The fourth-order valence-corrected chi connectivity index (χ4v) is 4.86. The van der Waals surface area contributed by atoms with Crippen molar-refractivity contribution in [2.75, 3.05) is 54.6 Å². The van der Waals surface area contributed by atoms with E-state index in [9.17, 15) is 10.1 Å². The lowest BCUT2D eigenvalue weighted by atomic mass is 10.0. The summed E-state index contributed by atoms with van der Waals surface area (Å²) < 4.78 is 23.6. The molecule has 5 rings (SSSR count). The summed E-state index contributed by atoms with van der Waals surface area (Å²) in [5, 5.41) is 9.86. The van der Waals surface area contributed by atoms with Gasteiger partial charge in [-0.2, -0.15) is 5.26 Å². The first kappa shape index (κ1) is 28.1. The summed E-state index contributed by atoms with van der Waals surface area (Å²) in [6.07, 6.45) is 3.37. The zero-order valence-electron chi connectivity index (χ0n) is 23.8. The molecule has 2 aromatic heterocycles. The third kappa shape index (κ3) is 6.19. The Bertz CT molecular complexity index is 1580. The summed E-state index contributed by atoms with van der Waals surface area (Å²) in [5.74, 6) is 1.58. The van der Waals surface area contributed by atoms with Crippen LogP contribution in [0.25, 0.3) is 33.6 Å². The Morgan fingerprint density at radius 1 is 1.02 bits per heavy atom. The van der Waals surface area contributed by atoms with Gasteiger partial charge in [0, 0.05) is 56.4 Å². The first-order valence-corrected chi connectivity index (χ1v) is 13.6. The van der Waals surface area contributed by atoms with Crippen molar-refractivity contribution in [3.05, 3.63) is 65.9 Å². The number of amides is 1. The summed E-state index contributed by atoms with van der Waals surface area (Å²) in [6.45, 7) is 2.72. The van der Waals surface area contributed by atoms with E-state index >= 15 is 0 Å². The number of ether oxygens (including phenoxy) is 3. The van der Waals surface area contributed by atoms with Gasteiger partial charge in [0.1, 0.15) is 34.9 Å². The minimum Gasteiger partial charge on any atom is -0.496 e. The molecule has 0 spiro atoms. The van der Waals surface area contributed by atoms with Gasteiger partial charge in [-0.05, 0) is 56.1 Å². The van der Waals surface area contributed by atoms with E-state index in [1.807, 2.05) is 55.4 Å². The van der Waals surface area contributed by atoms with Crippen LogP contribution in [0.4, 0.5) is 0 Å². The number of benzene rings is 2. The number of hydrogen-bond acceptors (Lipinski definition) is 8. The predicted octanol–water partition coefficient (Wildman–Crippen LogP) is 5.23. The van der Waals surface area contributed by atoms with Crippen molar-refractivity contribution in [3.8, 4) is 40.0 Å². The Morgan fingerprint density at radius 2 is 1.83 bits per heavy atom. The Balaban J connectivity index is 1.44. The van der Waals surface area contributed by atoms with Crippen LogP contribution in [0.1, 0.15) is 28.8 Å². The van der Waals surface area contributed by atoms with Gasteiger partial charge in [0.15, 0.2) is 5.58 Å². The normalized spacial score (nSPS) is 13.8. The van der Waals surface area contributed by atoms with E-state index in [4.69, 9.17) is 18.6 Å². The molecule has 0 atom stereocenters. The Hall–Kier alpha value is -4.39. The fraction of sp³-hybridized carbons (Fsp3) is 0.344. The number of methoxy groups -OCH3 is 1. The summed E-state index contributed by atoms with van der Waals surface area (Å²) >= 11 is 0. The highest BCUT2D eigenvalue weighted by Crippen LogP contribution is 2.38. The molecule has 1 fully saturated rings. The van der Waals surface area contributed by atoms with Gasteiger partial charge < -0.3 is 28.4 Å². The standard InChI is InChI=1S/C32H34N4O5/c1-35(2)13-14-36(3)32(37)22-5-7-26(29(18-22)38-4)30-19-27-31(41-30)25(9-12-34-27)21-6-8-28(23(17-21)20-33)40-24-10-15-39-16-11-24/h5-9,12,17-19,24H,10-11,13-16H2,1-4H3. The van der Waals surface area contributed by atoms with Crippen LogP contribution in [0.2, 0.25) is 0 Å². The lowest BCUT2D eigenvalue weighted by Gasteiger charge is -2.23. The summed E-state index contributed by atoms with van der Waals surface area (Å²) in [4.78, 5) is 21.2. The molecule has 212 valence electrons. The highest BCUT2D eigenvalue weighted by Gasteiger charge is 2.21. The topological polar surface area (TPSA) is 101 Å². The minimum absolute atomic E-state index is 0.0390. The summed E-state index contributed by atoms with van der Waals surface area (Å²) in [7, 11) is 7.32. The number of hydrogen-bond donors (Lipinski definition) is 0. The number of nitriles is 1. The molecule has 0 unspecified atom stereocenters. The van der Waals surface area contributed by atoms with Crippen molar-refractivity contribution < 1.29 is 23.4 Å². The predicted molar refractivity (Wildman–Crippen MR) is 156 cm³/mol. The zero-order valence-corrected chi connectivity index (χ0v) is 23.8. The van der Waals surface area contributed by atoms with Gasteiger partial charge in [0.2, 0.25) is 0 Å². The van der Waals surface area contributed by atoms with Crippen LogP contribution in [0.3, 0.4) is 0 Å². The highest BCUT2D eigenvalue weighted by atomic mass is 16.5. The van der Waals surface area contributed by atoms with Crippen molar-refractivity contribution in [1.82, 2.24) is 14.8 Å². The number of likely N-dealkylation sites (N-methyl/N-ethyl adjacent to an activating group) is 2. The molecule has 2 aromatic carbocycles. The summed E-state index contributed by atoms with van der Waals surface area (Å²) in [6, 6.07) is 16.9. The van der Waals surface area contributed by atoms with Crippen LogP contribution in [-0.2, 0) is 4.74 Å². The van der Waals surface area contributed by atoms with Crippen LogP contribution < -0.4 is 9.47 Å². The molecule has 1 aliphatic heterocycles. The van der Waals surface area contributed by atoms with Gasteiger partial charge >= 0.3 is 0 Å². The Morgan fingerprint density at radius 3 is 2.56 bits per heavy atom. The minimum atomic E-state index is -0.0807. The van der Waals surface area contributed by atoms with E-state index in [1.54, 1.807) is 37.4 Å². The number of aromatic nitrogens is 1. The number of carbonyl (C=O) groups is 1. The van der Waals surface area contributed by atoms with Crippen LogP contribution in [0, 0.1) is 11.3 Å². The zero-order chi connectivity index (χ0) is 28.9. The molecule has 3 heterocycles. The third-order valence-electron chi connectivity index (χ3n) is 7.23. The van der Waals surface area contributed by atoms with Crippen molar-refractivity contribution >= 4 is 17.0 Å². The number of furan rings is 1. The maximum Gasteiger partial charge on any atom is 0.253 e. The second-order valence-corrected chi connectivity index (χ2v) is 10.4. The van der Waals surface area contributed by atoms with E-state index in [0.717, 1.165) is 30.5 Å². The number of carbonyl (C=O) groups excluding carboxylic acids is 1. The maximum absolute atomic E-state index is 13.0. The second kappa shape index (κ2) is 12.4. The number of nitrogens with zero attached hydrogens (tertiary/aromatic N) is 4. The van der Waals surface area contributed by atoms with Crippen LogP contribution in [0.15, 0.2) is 59.1 Å². The van der Waals surface area contributed by atoms with Gasteiger partial charge in [-0.3, -0.25) is 9.78 Å². The fourth-order valence-electron chi connectivity index (χ4n) is 4.86. The molecule has 9 nitrogen and oxygen atoms in total. The average molecular weight is 555 g/mol. The molecule has 0 aliphatic carbocycles. The largest absolute Gasteiger partial charge is 0.496 e. The molecule has 0 bridgehead atoms. The SMILES string of the molecule is COc1cc(C(=O)N(C)CCN(C)C)ccc1-c1cc2nccc(-c3ccc(OC4CCOCC4)c(C#N)c3)c2o1. The van der Waals surface area contributed by atoms with Crippen LogP contribution in [0.5, 0.6) is 11.5 Å². The van der Waals surface area contributed by atoms with Gasteiger partial charge in [0.05, 0.1) is 31.5 Å². The molecule has 1 saturated heterocycles. The van der Waals surface area contributed by atoms with Gasteiger partial charge in [-0.25, -0.2) is 0 Å².